The average Bonchev–Trinajstić information content (AvgIpc) is 2.14. The Morgan fingerprint density at radius 2 is 2.00 bits per heavy atom. The quantitative estimate of drug-likeness (QED) is 0.754. The SMILES string of the molecule is CC(C)c1cccc(N2CC3(CCC3)C2)n1. The van der Waals surface area contributed by atoms with Crippen molar-refractivity contribution in [1.82, 2.24) is 4.98 Å². The molecule has 1 aromatic rings. The topological polar surface area (TPSA) is 16.1 Å². The summed E-state index contributed by atoms with van der Waals surface area (Å²) in [6.07, 6.45) is 4.31. The molecule has 0 bridgehead atoms. The van der Waals surface area contributed by atoms with E-state index in [4.69, 9.17) is 4.98 Å². The molecule has 2 fully saturated rings. The molecule has 2 heterocycles. The molecule has 1 aliphatic carbocycles. The van der Waals surface area contributed by atoms with Gasteiger partial charge in [-0.2, -0.15) is 0 Å². The smallest absolute Gasteiger partial charge is 0.128 e. The molecule has 86 valence electrons. The molecule has 2 heteroatoms. The highest BCUT2D eigenvalue weighted by Crippen LogP contribution is 2.49. The van der Waals surface area contributed by atoms with Crippen LogP contribution in [0.4, 0.5) is 5.82 Å². The Kier molecular flexibility index (Phi) is 2.20. The van der Waals surface area contributed by atoms with Gasteiger partial charge in [-0.15, -0.1) is 0 Å². The van der Waals surface area contributed by atoms with E-state index in [-0.39, 0.29) is 0 Å². The highest BCUT2D eigenvalue weighted by atomic mass is 15.3. The predicted molar refractivity (Wildman–Crippen MR) is 66.8 cm³/mol. The number of nitrogens with zero attached hydrogens (tertiary/aromatic N) is 2. The lowest BCUT2D eigenvalue weighted by atomic mass is 9.63. The monoisotopic (exact) mass is 216 g/mol. The molecule has 2 nitrogen and oxygen atoms in total. The third kappa shape index (κ3) is 1.51. The normalized spacial score (nSPS) is 22.1. The Labute approximate surface area is 97.7 Å². The van der Waals surface area contributed by atoms with E-state index in [9.17, 15) is 0 Å². The fourth-order valence-electron chi connectivity index (χ4n) is 2.86. The van der Waals surface area contributed by atoms with Gasteiger partial charge in [0.2, 0.25) is 0 Å². The molecule has 1 saturated heterocycles. The summed E-state index contributed by atoms with van der Waals surface area (Å²) in [6.45, 7) is 6.88. The van der Waals surface area contributed by atoms with E-state index in [2.05, 4.69) is 36.9 Å². The molecule has 0 amide bonds. The van der Waals surface area contributed by atoms with Gasteiger partial charge in [0.15, 0.2) is 0 Å². The van der Waals surface area contributed by atoms with Crippen molar-refractivity contribution in [2.75, 3.05) is 18.0 Å². The second kappa shape index (κ2) is 3.47. The maximum Gasteiger partial charge on any atom is 0.128 e. The van der Waals surface area contributed by atoms with Crippen LogP contribution in [0, 0.1) is 5.41 Å². The fraction of sp³-hybridized carbons (Fsp3) is 0.643. The van der Waals surface area contributed by atoms with Crippen LogP contribution in [0.5, 0.6) is 0 Å². The first kappa shape index (κ1) is 10.1. The van der Waals surface area contributed by atoms with Crippen molar-refractivity contribution in [1.29, 1.82) is 0 Å². The van der Waals surface area contributed by atoms with Gasteiger partial charge in [0, 0.05) is 24.2 Å². The molecule has 1 saturated carbocycles. The van der Waals surface area contributed by atoms with Crippen LogP contribution in [0.3, 0.4) is 0 Å². The van der Waals surface area contributed by atoms with E-state index in [0.29, 0.717) is 11.3 Å². The molecule has 2 aliphatic rings. The highest BCUT2D eigenvalue weighted by molar-refractivity contribution is 5.44. The minimum absolute atomic E-state index is 0.527. The lowest BCUT2D eigenvalue weighted by molar-refractivity contribution is 0.0896. The van der Waals surface area contributed by atoms with Gasteiger partial charge < -0.3 is 4.90 Å². The van der Waals surface area contributed by atoms with Crippen molar-refractivity contribution < 1.29 is 0 Å². The zero-order valence-corrected chi connectivity index (χ0v) is 10.2. The molecule has 1 aliphatic heterocycles. The third-order valence-corrected chi connectivity index (χ3v) is 4.14. The minimum Gasteiger partial charge on any atom is -0.355 e. The van der Waals surface area contributed by atoms with Crippen molar-refractivity contribution in [2.24, 2.45) is 5.41 Å². The number of hydrogen-bond acceptors (Lipinski definition) is 2. The Morgan fingerprint density at radius 1 is 1.25 bits per heavy atom. The second-order valence-electron chi connectivity index (χ2n) is 5.78. The molecule has 3 rings (SSSR count). The fourth-order valence-corrected chi connectivity index (χ4v) is 2.86. The summed E-state index contributed by atoms with van der Waals surface area (Å²) in [5, 5.41) is 0. The van der Waals surface area contributed by atoms with E-state index >= 15 is 0 Å². The van der Waals surface area contributed by atoms with E-state index < -0.39 is 0 Å². The number of anilines is 1. The number of aromatic nitrogens is 1. The zero-order valence-electron chi connectivity index (χ0n) is 10.2. The van der Waals surface area contributed by atoms with Gasteiger partial charge in [-0.3, -0.25) is 0 Å². The lowest BCUT2D eigenvalue weighted by Crippen LogP contribution is -2.60. The predicted octanol–water partition coefficient (Wildman–Crippen LogP) is 3.20. The van der Waals surface area contributed by atoms with Crippen LogP contribution in [-0.2, 0) is 0 Å². The molecular formula is C14H20N2. The van der Waals surface area contributed by atoms with Gasteiger partial charge in [0.1, 0.15) is 5.82 Å². The standard InChI is InChI=1S/C14H20N2/c1-11(2)12-5-3-6-13(15-12)16-9-14(10-16)7-4-8-14/h3,5-6,11H,4,7-10H2,1-2H3. The molecule has 0 radical (unpaired) electrons. The van der Waals surface area contributed by atoms with Gasteiger partial charge in [-0.25, -0.2) is 4.98 Å². The van der Waals surface area contributed by atoms with Crippen molar-refractivity contribution in [3.05, 3.63) is 23.9 Å². The molecule has 0 N–H and O–H groups in total. The van der Waals surface area contributed by atoms with Gasteiger partial charge in [-0.05, 0) is 30.9 Å². The molecule has 0 aromatic carbocycles. The molecule has 1 spiro atoms. The van der Waals surface area contributed by atoms with Crippen LogP contribution in [0.25, 0.3) is 0 Å². The Hall–Kier alpha value is -1.05. The van der Waals surface area contributed by atoms with Gasteiger partial charge in [0.25, 0.3) is 0 Å². The first-order valence-corrected chi connectivity index (χ1v) is 6.40. The van der Waals surface area contributed by atoms with Crippen LogP contribution in [-0.4, -0.2) is 18.1 Å². The van der Waals surface area contributed by atoms with Crippen LogP contribution in [0.2, 0.25) is 0 Å². The van der Waals surface area contributed by atoms with Crippen molar-refractivity contribution in [2.45, 2.75) is 39.0 Å². The third-order valence-electron chi connectivity index (χ3n) is 4.14. The summed E-state index contributed by atoms with van der Waals surface area (Å²) < 4.78 is 0. The average molecular weight is 216 g/mol. The van der Waals surface area contributed by atoms with Crippen molar-refractivity contribution in [3.63, 3.8) is 0 Å². The van der Waals surface area contributed by atoms with E-state index in [1.54, 1.807) is 0 Å². The van der Waals surface area contributed by atoms with Gasteiger partial charge in [0.05, 0.1) is 0 Å². The largest absolute Gasteiger partial charge is 0.355 e. The Balaban J connectivity index is 1.73. The highest BCUT2D eigenvalue weighted by Gasteiger charge is 2.47. The first-order chi connectivity index (χ1) is 7.69. The van der Waals surface area contributed by atoms with E-state index in [0.717, 1.165) is 0 Å². The van der Waals surface area contributed by atoms with E-state index in [1.807, 2.05) is 0 Å². The van der Waals surface area contributed by atoms with E-state index in [1.165, 1.54) is 43.9 Å². The summed E-state index contributed by atoms with van der Waals surface area (Å²) in [5.74, 6) is 1.71. The summed E-state index contributed by atoms with van der Waals surface area (Å²) in [4.78, 5) is 7.18. The summed E-state index contributed by atoms with van der Waals surface area (Å²) in [7, 11) is 0. The van der Waals surface area contributed by atoms with Crippen molar-refractivity contribution >= 4 is 5.82 Å². The maximum atomic E-state index is 4.74. The second-order valence-corrected chi connectivity index (χ2v) is 5.78. The molecule has 0 unspecified atom stereocenters. The summed E-state index contributed by atoms with van der Waals surface area (Å²) >= 11 is 0. The minimum atomic E-state index is 0.527. The zero-order chi connectivity index (χ0) is 11.2. The molecule has 0 atom stereocenters. The summed E-state index contributed by atoms with van der Waals surface area (Å²) in [5.41, 5.74) is 1.90. The summed E-state index contributed by atoms with van der Waals surface area (Å²) in [6, 6.07) is 6.42. The van der Waals surface area contributed by atoms with Crippen LogP contribution < -0.4 is 4.90 Å². The molecular weight excluding hydrogens is 196 g/mol. The van der Waals surface area contributed by atoms with Gasteiger partial charge >= 0.3 is 0 Å². The number of rotatable bonds is 2. The first-order valence-electron chi connectivity index (χ1n) is 6.40. The van der Waals surface area contributed by atoms with Crippen LogP contribution in [0.15, 0.2) is 18.2 Å². The number of pyridine rings is 1. The molecule has 16 heavy (non-hydrogen) atoms. The Bertz CT molecular complexity index is 385. The lowest BCUT2D eigenvalue weighted by Gasteiger charge is -2.56. The Morgan fingerprint density at radius 3 is 2.56 bits per heavy atom. The van der Waals surface area contributed by atoms with Gasteiger partial charge in [-0.1, -0.05) is 26.3 Å². The number of hydrogen-bond donors (Lipinski definition) is 0. The van der Waals surface area contributed by atoms with Crippen LogP contribution in [0.1, 0.15) is 44.7 Å². The van der Waals surface area contributed by atoms with Crippen molar-refractivity contribution in [3.8, 4) is 0 Å². The van der Waals surface area contributed by atoms with Crippen LogP contribution >= 0.6 is 0 Å². The maximum absolute atomic E-state index is 4.74. The molecule has 1 aromatic heterocycles.